The Hall–Kier alpha value is 0.0300. The zero-order valence-electron chi connectivity index (χ0n) is 9.62. The van der Waals surface area contributed by atoms with Gasteiger partial charge in [0.25, 0.3) is 6.43 Å². The Kier molecular flexibility index (Phi) is 9.12. The summed E-state index contributed by atoms with van der Waals surface area (Å²) in [5, 5.41) is 3.29. The van der Waals surface area contributed by atoms with Crippen LogP contribution in [-0.4, -0.2) is 57.3 Å². The highest BCUT2D eigenvalue weighted by atomic mass is 35.5. The maximum absolute atomic E-state index is 11.8. The van der Waals surface area contributed by atoms with Crippen molar-refractivity contribution >= 4 is 12.4 Å². The molecule has 1 fully saturated rings. The van der Waals surface area contributed by atoms with Gasteiger partial charge in [-0.1, -0.05) is 0 Å². The minimum absolute atomic E-state index is 0. The third kappa shape index (κ3) is 6.58. The van der Waals surface area contributed by atoms with Crippen LogP contribution in [0.3, 0.4) is 0 Å². The Labute approximate surface area is 102 Å². The van der Waals surface area contributed by atoms with Crippen LogP contribution in [0.5, 0.6) is 0 Å². The van der Waals surface area contributed by atoms with Crippen molar-refractivity contribution in [3.8, 4) is 0 Å². The zero-order valence-corrected chi connectivity index (χ0v) is 10.4. The highest BCUT2D eigenvalue weighted by Crippen LogP contribution is 2.09. The molecule has 0 bridgehead atoms. The van der Waals surface area contributed by atoms with E-state index in [0.717, 1.165) is 32.5 Å². The van der Waals surface area contributed by atoms with E-state index in [9.17, 15) is 8.78 Å². The van der Waals surface area contributed by atoms with Crippen molar-refractivity contribution in [3.63, 3.8) is 0 Å². The first-order valence-electron chi connectivity index (χ1n) is 5.47. The first kappa shape index (κ1) is 16.0. The molecule has 0 saturated carbocycles. The fourth-order valence-electron chi connectivity index (χ4n) is 1.81. The second-order valence-corrected chi connectivity index (χ2v) is 3.93. The lowest BCUT2D eigenvalue weighted by molar-refractivity contribution is 0.00749. The fraction of sp³-hybridized carbons (Fsp3) is 1.00. The number of hydrogen-bond donors (Lipinski definition) is 1. The Morgan fingerprint density at radius 3 is 2.56 bits per heavy atom. The van der Waals surface area contributed by atoms with Crippen LogP contribution in [0.15, 0.2) is 0 Å². The summed E-state index contributed by atoms with van der Waals surface area (Å²) in [6, 6.07) is 0.571. The van der Waals surface area contributed by atoms with Gasteiger partial charge in [0.05, 0.1) is 6.61 Å². The molecule has 0 aliphatic carbocycles. The summed E-state index contributed by atoms with van der Waals surface area (Å²) in [6.07, 6.45) is -0.0920. The maximum Gasteiger partial charge on any atom is 0.261 e. The minimum atomic E-state index is -2.35. The predicted molar refractivity (Wildman–Crippen MR) is 62.6 cm³/mol. The second-order valence-electron chi connectivity index (χ2n) is 3.93. The molecule has 1 rings (SSSR count). The highest BCUT2D eigenvalue weighted by molar-refractivity contribution is 5.85. The van der Waals surface area contributed by atoms with Gasteiger partial charge in [-0.25, -0.2) is 8.78 Å². The van der Waals surface area contributed by atoms with Gasteiger partial charge in [0.2, 0.25) is 0 Å². The minimum Gasteiger partial charge on any atom is -0.374 e. The van der Waals surface area contributed by atoms with Crippen molar-refractivity contribution in [3.05, 3.63) is 0 Å². The van der Waals surface area contributed by atoms with E-state index < -0.39 is 13.0 Å². The van der Waals surface area contributed by atoms with Crippen LogP contribution in [0.2, 0.25) is 0 Å². The van der Waals surface area contributed by atoms with Crippen LogP contribution in [0.4, 0.5) is 8.78 Å². The molecule has 3 nitrogen and oxygen atoms in total. The molecule has 0 aromatic heterocycles. The molecule has 0 aromatic rings. The lowest BCUT2D eigenvalue weighted by Crippen LogP contribution is -2.42. The van der Waals surface area contributed by atoms with Crippen molar-refractivity contribution in [1.82, 2.24) is 10.2 Å². The number of halogens is 3. The summed E-state index contributed by atoms with van der Waals surface area (Å²) in [7, 11) is 2.03. The molecule has 1 N–H and O–H groups in total. The normalized spacial score (nSPS) is 17.8. The smallest absolute Gasteiger partial charge is 0.261 e. The van der Waals surface area contributed by atoms with Crippen LogP contribution in [0.25, 0.3) is 0 Å². The van der Waals surface area contributed by atoms with E-state index in [0.29, 0.717) is 12.6 Å². The largest absolute Gasteiger partial charge is 0.374 e. The molecule has 1 heterocycles. The highest BCUT2D eigenvalue weighted by Gasteiger charge is 2.17. The van der Waals surface area contributed by atoms with E-state index in [1.54, 1.807) is 0 Å². The van der Waals surface area contributed by atoms with E-state index in [1.165, 1.54) is 0 Å². The fourth-order valence-corrected chi connectivity index (χ4v) is 1.81. The molecule has 0 aromatic carbocycles. The lowest BCUT2D eigenvalue weighted by Gasteiger charge is -2.31. The Morgan fingerprint density at radius 1 is 1.38 bits per heavy atom. The standard InChI is InChI=1S/C10H20F2N2O.ClH/c1-14(6-7-15-8-10(11)12)9-2-4-13-5-3-9;/h9-10,13H,2-8H2,1H3;1H. The molecule has 0 spiro atoms. The summed E-state index contributed by atoms with van der Waals surface area (Å²) in [5.74, 6) is 0. The number of alkyl halides is 2. The van der Waals surface area contributed by atoms with Crippen molar-refractivity contribution in [2.75, 3.05) is 39.9 Å². The van der Waals surface area contributed by atoms with E-state index in [2.05, 4.69) is 10.2 Å². The molecule has 1 saturated heterocycles. The van der Waals surface area contributed by atoms with Crippen LogP contribution in [0, 0.1) is 0 Å². The van der Waals surface area contributed by atoms with Gasteiger partial charge in [-0.15, -0.1) is 12.4 Å². The summed E-state index contributed by atoms with van der Waals surface area (Å²) in [6.45, 7) is 2.78. The van der Waals surface area contributed by atoms with Crippen LogP contribution in [0.1, 0.15) is 12.8 Å². The number of ether oxygens (including phenoxy) is 1. The summed E-state index contributed by atoms with van der Waals surface area (Å²) in [5.41, 5.74) is 0. The van der Waals surface area contributed by atoms with Crippen molar-refractivity contribution in [2.24, 2.45) is 0 Å². The number of nitrogens with one attached hydrogen (secondary N) is 1. The lowest BCUT2D eigenvalue weighted by atomic mass is 10.1. The number of hydrogen-bond acceptors (Lipinski definition) is 3. The average molecular weight is 259 g/mol. The van der Waals surface area contributed by atoms with Gasteiger partial charge >= 0.3 is 0 Å². The molecule has 16 heavy (non-hydrogen) atoms. The maximum atomic E-state index is 11.8. The molecule has 1 aliphatic heterocycles. The van der Waals surface area contributed by atoms with Crippen molar-refractivity contribution in [2.45, 2.75) is 25.3 Å². The van der Waals surface area contributed by atoms with Gasteiger partial charge in [-0.05, 0) is 33.0 Å². The Balaban J connectivity index is 0.00000225. The van der Waals surface area contributed by atoms with Gasteiger partial charge in [-0.2, -0.15) is 0 Å². The quantitative estimate of drug-likeness (QED) is 0.729. The topological polar surface area (TPSA) is 24.5 Å². The summed E-state index contributed by atoms with van der Waals surface area (Å²) in [4.78, 5) is 2.20. The van der Waals surface area contributed by atoms with E-state index in [1.807, 2.05) is 7.05 Å². The molecular weight excluding hydrogens is 238 g/mol. The van der Waals surface area contributed by atoms with Crippen LogP contribution < -0.4 is 5.32 Å². The monoisotopic (exact) mass is 258 g/mol. The predicted octanol–water partition coefficient (Wildman–Crippen LogP) is 1.37. The third-order valence-electron chi connectivity index (χ3n) is 2.76. The van der Waals surface area contributed by atoms with E-state index in [4.69, 9.17) is 4.74 Å². The summed E-state index contributed by atoms with van der Waals surface area (Å²) >= 11 is 0. The zero-order chi connectivity index (χ0) is 11.1. The first-order chi connectivity index (χ1) is 7.20. The van der Waals surface area contributed by atoms with E-state index in [-0.39, 0.29) is 12.4 Å². The Bertz CT molecular complexity index is 169. The molecule has 0 atom stereocenters. The van der Waals surface area contributed by atoms with Crippen LogP contribution in [-0.2, 0) is 4.74 Å². The first-order valence-corrected chi connectivity index (χ1v) is 5.47. The molecular formula is C10H21ClF2N2O. The average Bonchev–Trinajstić information content (AvgIpc) is 2.25. The molecule has 6 heteroatoms. The number of piperidine rings is 1. The van der Waals surface area contributed by atoms with Gasteiger partial charge in [0.15, 0.2) is 0 Å². The number of likely N-dealkylation sites (N-methyl/N-ethyl adjacent to an activating group) is 1. The molecule has 98 valence electrons. The molecule has 0 radical (unpaired) electrons. The SMILES string of the molecule is CN(CCOCC(F)F)C1CCNCC1.Cl. The number of rotatable bonds is 6. The van der Waals surface area contributed by atoms with Gasteiger partial charge in [0.1, 0.15) is 6.61 Å². The van der Waals surface area contributed by atoms with Gasteiger partial charge < -0.3 is 15.0 Å². The molecule has 0 amide bonds. The van der Waals surface area contributed by atoms with Crippen molar-refractivity contribution < 1.29 is 13.5 Å². The van der Waals surface area contributed by atoms with Gasteiger partial charge in [0, 0.05) is 12.6 Å². The molecule has 1 aliphatic rings. The second kappa shape index (κ2) is 9.10. The number of nitrogens with zero attached hydrogens (tertiary/aromatic N) is 1. The Morgan fingerprint density at radius 2 is 2.00 bits per heavy atom. The van der Waals surface area contributed by atoms with E-state index >= 15 is 0 Å². The molecule has 0 unspecified atom stereocenters. The summed E-state index contributed by atoms with van der Waals surface area (Å²) < 4.78 is 28.4. The van der Waals surface area contributed by atoms with Gasteiger partial charge in [-0.3, -0.25) is 0 Å². The van der Waals surface area contributed by atoms with Crippen molar-refractivity contribution in [1.29, 1.82) is 0 Å². The third-order valence-corrected chi connectivity index (χ3v) is 2.76. The van der Waals surface area contributed by atoms with Crippen LogP contribution >= 0.6 is 12.4 Å².